The molecule has 0 saturated carbocycles. The lowest BCUT2D eigenvalue weighted by Gasteiger charge is -2.31. The van der Waals surface area contributed by atoms with Gasteiger partial charge < -0.3 is 9.64 Å². The number of nitriles is 1. The Morgan fingerprint density at radius 1 is 1.21 bits per heavy atom. The van der Waals surface area contributed by atoms with Crippen LogP contribution in [-0.2, 0) is 27.3 Å². The van der Waals surface area contributed by atoms with Crippen molar-refractivity contribution in [2.75, 3.05) is 20.6 Å². The van der Waals surface area contributed by atoms with E-state index in [1.54, 1.807) is 12.1 Å². The number of ether oxygens (including phenoxy) is 1. The molecular weight excluding hydrogens is 399 g/mol. The normalized spacial score (nSPS) is 18.0. The van der Waals surface area contributed by atoms with Gasteiger partial charge in [0.1, 0.15) is 11.4 Å². The highest BCUT2D eigenvalue weighted by Gasteiger charge is 2.41. The van der Waals surface area contributed by atoms with Crippen LogP contribution in [0.15, 0.2) is 42.5 Å². The van der Waals surface area contributed by atoms with Crippen LogP contribution in [0.5, 0.6) is 0 Å². The third-order valence-corrected chi connectivity index (χ3v) is 4.59. The van der Waals surface area contributed by atoms with Crippen LogP contribution in [0.1, 0.15) is 35.1 Å². The van der Waals surface area contributed by atoms with Crippen molar-refractivity contribution in [2.24, 2.45) is 0 Å². The zero-order valence-electron chi connectivity index (χ0n) is 16.2. The molecule has 1 heterocycles. The Labute approximate surface area is 169 Å². The Kier molecular flexibility index (Phi) is 7.46. The van der Waals surface area contributed by atoms with Crippen molar-refractivity contribution < 1.29 is 26.7 Å². The summed E-state index contributed by atoms with van der Waals surface area (Å²) in [6, 6.07) is 14.5. The summed E-state index contributed by atoms with van der Waals surface area (Å²) < 4.78 is 51.2. The first-order valence-corrected chi connectivity index (χ1v) is 10.2. The molecule has 0 unspecified atom stereocenters. The predicted octanol–water partition coefficient (Wildman–Crippen LogP) is 3.16. The Morgan fingerprint density at radius 3 is 2.38 bits per heavy atom. The van der Waals surface area contributed by atoms with E-state index in [0.29, 0.717) is 12.2 Å². The van der Waals surface area contributed by atoms with Gasteiger partial charge in [0, 0.05) is 0 Å². The maximum Gasteiger partial charge on any atom is 0.394 e. The van der Waals surface area contributed by atoms with Crippen molar-refractivity contribution in [3.05, 3.63) is 70.5 Å². The molecule has 0 radical (unpaired) electrons. The van der Waals surface area contributed by atoms with E-state index >= 15 is 0 Å². The molecule has 0 bridgehead atoms. The van der Waals surface area contributed by atoms with E-state index in [9.17, 15) is 4.39 Å². The van der Waals surface area contributed by atoms with Gasteiger partial charge in [-0.1, -0.05) is 18.2 Å². The number of fused-ring (bicyclic) bond motifs is 1. The first kappa shape index (κ1) is 22.9. The lowest BCUT2D eigenvalue weighted by molar-refractivity contribution is -0.0140. The minimum absolute atomic E-state index is 0.250. The first-order valence-electron chi connectivity index (χ1n) is 8.83. The van der Waals surface area contributed by atoms with E-state index in [1.807, 2.05) is 32.3 Å². The number of nitrogens with zero attached hydrogens (tertiary/aromatic N) is 2. The molecule has 0 amide bonds. The monoisotopic (exact) mass is 422 g/mol. The molecule has 1 aliphatic heterocycles. The summed E-state index contributed by atoms with van der Waals surface area (Å²) in [4.78, 5) is 2.15. The molecular formula is C20H23FN2O5S. The van der Waals surface area contributed by atoms with Gasteiger partial charge >= 0.3 is 10.4 Å². The van der Waals surface area contributed by atoms with Crippen molar-refractivity contribution in [2.45, 2.75) is 25.0 Å². The fourth-order valence-corrected chi connectivity index (χ4v) is 3.41. The Hall–Kier alpha value is -2.35. The van der Waals surface area contributed by atoms with E-state index < -0.39 is 16.0 Å². The van der Waals surface area contributed by atoms with Crippen LogP contribution in [0, 0.1) is 17.1 Å². The number of rotatable bonds is 5. The fraction of sp³-hybridized carbons (Fsp3) is 0.350. The number of benzene rings is 2. The van der Waals surface area contributed by atoms with Gasteiger partial charge in [0.25, 0.3) is 0 Å². The SMILES string of the molecule is CN(C)CCC[C@@]1(c2ccc(F)cc2)OCc2cc(C#N)ccc21.O=S(=O)(O)O. The molecule has 2 aromatic carbocycles. The van der Waals surface area contributed by atoms with E-state index in [2.05, 4.69) is 11.0 Å². The Morgan fingerprint density at radius 2 is 1.83 bits per heavy atom. The van der Waals surface area contributed by atoms with Gasteiger partial charge in [-0.25, -0.2) is 4.39 Å². The smallest absolute Gasteiger partial charge is 0.361 e. The fourth-order valence-electron chi connectivity index (χ4n) is 3.41. The van der Waals surface area contributed by atoms with Crippen molar-refractivity contribution in [1.29, 1.82) is 5.26 Å². The topological polar surface area (TPSA) is 111 Å². The molecule has 7 nitrogen and oxygen atoms in total. The first-order chi connectivity index (χ1) is 13.5. The number of hydrogen-bond acceptors (Lipinski definition) is 5. The summed E-state index contributed by atoms with van der Waals surface area (Å²) in [5.41, 5.74) is 3.18. The van der Waals surface area contributed by atoms with Crippen LogP contribution in [0.2, 0.25) is 0 Å². The maximum atomic E-state index is 13.4. The van der Waals surface area contributed by atoms with Gasteiger partial charge in [-0.2, -0.15) is 13.7 Å². The minimum Gasteiger partial charge on any atom is -0.361 e. The van der Waals surface area contributed by atoms with Gasteiger partial charge in [0.2, 0.25) is 0 Å². The molecule has 0 saturated heterocycles. The summed E-state index contributed by atoms with van der Waals surface area (Å²) >= 11 is 0. The van der Waals surface area contributed by atoms with E-state index in [-0.39, 0.29) is 5.82 Å². The molecule has 3 rings (SSSR count). The molecule has 2 aromatic rings. The number of halogens is 1. The largest absolute Gasteiger partial charge is 0.394 e. The standard InChI is InChI=1S/C20H21FN2O.H2O4S/c1-23(2)11-3-10-20(17-5-7-18(21)8-6-17)19-9-4-15(13-22)12-16(19)14-24-20;1-5(2,3)4/h4-9,12H,3,10-11,14H2,1-2H3;(H2,1,2,3,4)/t20-;/m0./s1. The van der Waals surface area contributed by atoms with Crippen molar-refractivity contribution >= 4 is 10.4 Å². The molecule has 2 N–H and O–H groups in total. The predicted molar refractivity (Wildman–Crippen MR) is 105 cm³/mol. The van der Waals surface area contributed by atoms with E-state index in [0.717, 1.165) is 36.1 Å². The lowest BCUT2D eigenvalue weighted by atomic mass is 9.81. The van der Waals surface area contributed by atoms with Gasteiger partial charge in [-0.15, -0.1) is 0 Å². The Bertz CT molecular complexity index is 979. The molecule has 0 fully saturated rings. The lowest BCUT2D eigenvalue weighted by Crippen LogP contribution is -2.28. The molecule has 1 aliphatic rings. The van der Waals surface area contributed by atoms with Crippen molar-refractivity contribution in [3.8, 4) is 6.07 Å². The van der Waals surface area contributed by atoms with Gasteiger partial charge in [-0.3, -0.25) is 9.11 Å². The van der Waals surface area contributed by atoms with Crippen molar-refractivity contribution in [1.82, 2.24) is 4.90 Å². The highest BCUT2D eigenvalue weighted by molar-refractivity contribution is 7.79. The third kappa shape index (κ3) is 6.32. The van der Waals surface area contributed by atoms with E-state index in [1.165, 1.54) is 12.1 Å². The van der Waals surface area contributed by atoms with Crippen molar-refractivity contribution in [3.63, 3.8) is 0 Å². The average Bonchev–Trinajstić information content (AvgIpc) is 2.99. The molecule has 9 heteroatoms. The summed E-state index contributed by atoms with van der Waals surface area (Å²) in [6.45, 7) is 1.43. The average molecular weight is 422 g/mol. The highest BCUT2D eigenvalue weighted by Crippen LogP contribution is 2.45. The summed E-state index contributed by atoms with van der Waals surface area (Å²) in [5.74, 6) is -0.250. The van der Waals surface area contributed by atoms with Crippen LogP contribution >= 0.6 is 0 Å². The van der Waals surface area contributed by atoms with Crippen LogP contribution in [-0.4, -0.2) is 43.1 Å². The maximum absolute atomic E-state index is 13.4. The van der Waals surface area contributed by atoms with Gasteiger partial charge in [0.05, 0.1) is 18.2 Å². The number of hydrogen-bond donors (Lipinski definition) is 2. The third-order valence-electron chi connectivity index (χ3n) is 4.59. The second-order valence-corrected chi connectivity index (χ2v) is 7.86. The molecule has 29 heavy (non-hydrogen) atoms. The zero-order chi connectivity index (χ0) is 21.7. The van der Waals surface area contributed by atoms with E-state index in [4.69, 9.17) is 27.5 Å². The summed E-state index contributed by atoms with van der Waals surface area (Å²) in [5, 5.41) is 9.11. The molecule has 0 spiro atoms. The quantitative estimate of drug-likeness (QED) is 0.712. The zero-order valence-corrected chi connectivity index (χ0v) is 17.0. The molecule has 0 aromatic heterocycles. The second-order valence-electron chi connectivity index (χ2n) is 6.96. The van der Waals surface area contributed by atoms with Crippen LogP contribution in [0.3, 0.4) is 0 Å². The van der Waals surface area contributed by atoms with Crippen LogP contribution in [0.4, 0.5) is 4.39 Å². The second kappa shape index (κ2) is 9.43. The Balaban J connectivity index is 0.000000537. The summed E-state index contributed by atoms with van der Waals surface area (Å²) in [6.07, 6.45) is 1.78. The molecule has 0 aliphatic carbocycles. The van der Waals surface area contributed by atoms with Gasteiger partial charge in [-0.05, 0) is 74.4 Å². The van der Waals surface area contributed by atoms with Crippen LogP contribution < -0.4 is 0 Å². The highest BCUT2D eigenvalue weighted by atomic mass is 32.3. The van der Waals surface area contributed by atoms with Crippen LogP contribution in [0.25, 0.3) is 0 Å². The molecule has 156 valence electrons. The van der Waals surface area contributed by atoms with Gasteiger partial charge in [0.15, 0.2) is 0 Å². The summed E-state index contributed by atoms with van der Waals surface area (Å²) in [7, 11) is -0.569. The minimum atomic E-state index is -4.67. The molecule has 1 atom stereocenters.